The van der Waals surface area contributed by atoms with Crippen molar-refractivity contribution in [2.24, 2.45) is 11.8 Å². The number of para-hydroxylation sites is 1. The molecule has 1 aliphatic rings. The molecule has 0 bridgehead atoms. The monoisotopic (exact) mass is 261 g/mol. The second-order valence-electron chi connectivity index (χ2n) is 5.41. The van der Waals surface area contributed by atoms with E-state index in [9.17, 15) is 4.79 Å². The van der Waals surface area contributed by atoms with Crippen LogP contribution in [0.3, 0.4) is 0 Å². The molecule has 3 heteroatoms. The molecule has 0 radical (unpaired) electrons. The van der Waals surface area contributed by atoms with Crippen LogP contribution in [0.2, 0.25) is 0 Å². The Kier molecular flexibility index (Phi) is 4.97. The van der Waals surface area contributed by atoms with Gasteiger partial charge in [0, 0.05) is 6.42 Å². The number of Topliss-reactive ketones (excluding diaryl/α,β-unsaturated/α-hetero) is 1. The first-order valence-corrected chi connectivity index (χ1v) is 7.09. The van der Waals surface area contributed by atoms with Crippen molar-refractivity contribution in [3.8, 4) is 5.75 Å². The van der Waals surface area contributed by atoms with Crippen molar-refractivity contribution in [3.63, 3.8) is 0 Å². The zero-order valence-corrected chi connectivity index (χ0v) is 11.8. The van der Waals surface area contributed by atoms with Gasteiger partial charge in [0.25, 0.3) is 0 Å². The quantitative estimate of drug-likeness (QED) is 0.828. The number of rotatable bonds is 5. The van der Waals surface area contributed by atoms with Gasteiger partial charge in [-0.25, -0.2) is 0 Å². The first-order chi connectivity index (χ1) is 9.22. The third kappa shape index (κ3) is 3.57. The molecule has 1 fully saturated rings. The van der Waals surface area contributed by atoms with Gasteiger partial charge in [-0.05, 0) is 49.9 Å². The second kappa shape index (κ2) is 6.71. The normalized spacial score (nSPS) is 20.8. The van der Waals surface area contributed by atoms with Crippen LogP contribution in [0.15, 0.2) is 24.3 Å². The zero-order valence-electron chi connectivity index (χ0n) is 11.8. The summed E-state index contributed by atoms with van der Waals surface area (Å²) in [5.74, 6) is 1.91. The van der Waals surface area contributed by atoms with E-state index in [4.69, 9.17) is 4.74 Å². The van der Waals surface area contributed by atoms with Gasteiger partial charge in [0.15, 0.2) is 5.78 Å². The molecule has 1 aromatic rings. The molecule has 2 unspecified atom stereocenters. The number of hydrogen-bond donors (Lipinski definition) is 1. The van der Waals surface area contributed by atoms with Gasteiger partial charge in [0.05, 0.1) is 12.7 Å². The lowest BCUT2D eigenvalue weighted by Crippen LogP contribution is -2.34. The van der Waals surface area contributed by atoms with Crippen LogP contribution in [0.25, 0.3) is 0 Å². The summed E-state index contributed by atoms with van der Waals surface area (Å²) >= 11 is 0. The largest absolute Gasteiger partial charge is 0.496 e. The van der Waals surface area contributed by atoms with Crippen LogP contribution in [0.5, 0.6) is 5.75 Å². The summed E-state index contributed by atoms with van der Waals surface area (Å²) in [5, 5.41) is 3.42. The maximum atomic E-state index is 12.4. The molecule has 1 saturated heterocycles. The van der Waals surface area contributed by atoms with Crippen LogP contribution in [-0.2, 0) is 0 Å². The lowest BCUT2D eigenvalue weighted by atomic mass is 9.83. The highest BCUT2D eigenvalue weighted by molar-refractivity contribution is 5.98. The molecule has 1 heterocycles. The Labute approximate surface area is 115 Å². The van der Waals surface area contributed by atoms with Crippen molar-refractivity contribution in [2.75, 3.05) is 20.2 Å². The Hall–Kier alpha value is -1.35. The predicted octanol–water partition coefficient (Wildman–Crippen LogP) is 2.90. The molecule has 1 N–H and O–H groups in total. The maximum absolute atomic E-state index is 12.4. The number of carbonyl (C=O) groups excluding carboxylic acids is 1. The number of hydrogen-bond acceptors (Lipinski definition) is 3. The van der Waals surface area contributed by atoms with Crippen LogP contribution < -0.4 is 10.1 Å². The van der Waals surface area contributed by atoms with Gasteiger partial charge >= 0.3 is 0 Å². The molecule has 104 valence electrons. The summed E-state index contributed by atoms with van der Waals surface area (Å²) in [6.07, 6.45) is 3.05. The number of ether oxygens (including phenoxy) is 1. The molecule has 1 aliphatic heterocycles. The number of carbonyl (C=O) groups is 1. The van der Waals surface area contributed by atoms with E-state index >= 15 is 0 Å². The van der Waals surface area contributed by atoms with E-state index in [1.54, 1.807) is 7.11 Å². The van der Waals surface area contributed by atoms with Crippen molar-refractivity contribution >= 4 is 5.78 Å². The average molecular weight is 261 g/mol. The first kappa shape index (κ1) is 14.1. The predicted molar refractivity (Wildman–Crippen MR) is 76.7 cm³/mol. The molecular weight excluding hydrogens is 238 g/mol. The molecule has 2 atom stereocenters. The van der Waals surface area contributed by atoms with Crippen LogP contribution in [0, 0.1) is 11.8 Å². The van der Waals surface area contributed by atoms with Gasteiger partial charge in [-0.2, -0.15) is 0 Å². The lowest BCUT2D eigenvalue weighted by molar-refractivity contribution is 0.0940. The minimum Gasteiger partial charge on any atom is -0.496 e. The number of ketones is 1. The summed E-state index contributed by atoms with van der Waals surface area (Å²) < 4.78 is 5.26. The van der Waals surface area contributed by atoms with Crippen molar-refractivity contribution in [2.45, 2.75) is 26.2 Å². The number of nitrogens with one attached hydrogen (secondary N) is 1. The van der Waals surface area contributed by atoms with Gasteiger partial charge in [0.1, 0.15) is 5.75 Å². The van der Waals surface area contributed by atoms with E-state index in [1.807, 2.05) is 24.3 Å². The Balaban J connectivity index is 1.99. The highest BCUT2D eigenvalue weighted by atomic mass is 16.5. The maximum Gasteiger partial charge on any atom is 0.166 e. The van der Waals surface area contributed by atoms with Crippen molar-refractivity contribution < 1.29 is 9.53 Å². The average Bonchev–Trinajstić information content (AvgIpc) is 2.48. The number of methoxy groups -OCH3 is 1. The summed E-state index contributed by atoms with van der Waals surface area (Å²) in [6.45, 7) is 4.34. The second-order valence-corrected chi connectivity index (χ2v) is 5.41. The highest BCUT2D eigenvalue weighted by Gasteiger charge is 2.23. The minimum absolute atomic E-state index is 0.190. The van der Waals surface area contributed by atoms with E-state index in [2.05, 4.69) is 12.2 Å². The summed E-state index contributed by atoms with van der Waals surface area (Å²) in [5.41, 5.74) is 0.709. The Morgan fingerprint density at radius 1 is 1.47 bits per heavy atom. The van der Waals surface area contributed by atoms with Gasteiger partial charge in [-0.3, -0.25) is 4.79 Å². The zero-order chi connectivity index (χ0) is 13.7. The fourth-order valence-corrected chi connectivity index (χ4v) is 2.81. The van der Waals surface area contributed by atoms with Gasteiger partial charge in [-0.15, -0.1) is 0 Å². The lowest BCUT2D eigenvalue weighted by Gasteiger charge is -2.28. The molecule has 19 heavy (non-hydrogen) atoms. The third-order valence-corrected chi connectivity index (χ3v) is 4.05. The molecule has 0 amide bonds. The molecule has 1 aromatic carbocycles. The minimum atomic E-state index is 0.190. The Bertz CT molecular complexity index is 425. The van der Waals surface area contributed by atoms with Crippen molar-refractivity contribution in [3.05, 3.63) is 29.8 Å². The van der Waals surface area contributed by atoms with Crippen LogP contribution in [0.1, 0.15) is 36.5 Å². The van der Waals surface area contributed by atoms with E-state index < -0.39 is 0 Å². The van der Waals surface area contributed by atoms with Gasteiger partial charge in [0.2, 0.25) is 0 Å². The molecular formula is C16H23NO2. The first-order valence-electron chi connectivity index (χ1n) is 7.09. The van der Waals surface area contributed by atoms with Crippen LogP contribution in [-0.4, -0.2) is 26.0 Å². The molecule has 3 nitrogen and oxygen atoms in total. The summed E-state index contributed by atoms with van der Waals surface area (Å²) in [4.78, 5) is 12.4. The van der Waals surface area contributed by atoms with E-state index in [0.29, 0.717) is 29.6 Å². The van der Waals surface area contributed by atoms with Crippen molar-refractivity contribution in [1.82, 2.24) is 5.32 Å². The molecule has 2 rings (SSSR count). The fraction of sp³-hybridized carbons (Fsp3) is 0.562. The van der Waals surface area contributed by atoms with E-state index in [1.165, 1.54) is 12.8 Å². The molecule has 0 aliphatic carbocycles. The molecule has 0 spiro atoms. The van der Waals surface area contributed by atoms with Crippen LogP contribution >= 0.6 is 0 Å². The van der Waals surface area contributed by atoms with Gasteiger partial charge in [-0.1, -0.05) is 19.1 Å². The van der Waals surface area contributed by atoms with Gasteiger partial charge < -0.3 is 10.1 Å². The van der Waals surface area contributed by atoms with E-state index in [-0.39, 0.29) is 5.78 Å². The van der Waals surface area contributed by atoms with Crippen LogP contribution in [0.4, 0.5) is 0 Å². The summed E-state index contributed by atoms with van der Waals surface area (Å²) in [7, 11) is 1.61. The van der Waals surface area contributed by atoms with E-state index in [0.717, 1.165) is 13.1 Å². The standard InChI is InChI=1S/C16H23NO2/c1-12(13-6-5-9-17-11-13)10-15(18)14-7-3-4-8-16(14)19-2/h3-4,7-8,12-13,17H,5-6,9-11H2,1-2H3. The smallest absolute Gasteiger partial charge is 0.166 e. The number of benzene rings is 1. The SMILES string of the molecule is COc1ccccc1C(=O)CC(C)C1CCCNC1. The fourth-order valence-electron chi connectivity index (χ4n) is 2.81. The van der Waals surface area contributed by atoms with Crippen molar-refractivity contribution in [1.29, 1.82) is 0 Å². The third-order valence-electron chi connectivity index (χ3n) is 4.05. The highest BCUT2D eigenvalue weighted by Crippen LogP contribution is 2.26. The summed E-state index contributed by atoms with van der Waals surface area (Å²) in [6, 6.07) is 7.49. The topological polar surface area (TPSA) is 38.3 Å². The number of piperidine rings is 1. The Morgan fingerprint density at radius 3 is 2.95 bits per heavy atom. The molecule has 0 saturated carbocycles. The molecule has 0 aromatic heterocycles. The Morgan fingerprint density at radius 2 is 2.26 bits per heavy atom.